The number of carbonyl (C=O) groups is 1. The first-order valence-electron chi connectivity index (χ1n) is 6.21. The number of hydrogen-bond acceptors (Lipinski definition) is 3. The third kappa shape index (κ3) is 5.76. The van der Waals surface area contributed by atoms with Gasteiger partial charge in [-0.25, -0.2) is 0 Å². The van der Waals surface area contributed by atoms with Crippen molar-refractivity contribution in [2.45, 2.75) is 19.3 Å². The summed E-state index contributed by atoms with van der Waals surface area (Å²) in [4.78, 5) is 14.0. The van der Waals surface area contributed by atoms with Crippen molar-refractivity contribution in [2.75, 3.05) is 26.7 Å². The number of halogens is 1. The molecule has 4 heteroatoms. The van der Waals surface area contributed by atoms with E-state index in [0.29, 0.717) is 6.54 Å². The summed E-state index contributed by atoms with van der Waals surface area (Å²) in [6.07, 6.45) is 2.87. The fraction of sp³-hybridized carbons (Fsp3) is 0.500. The number of benzene rings is 1. The largest absolute Gasteiger partial charge is 0.396 e. The van der Waals surface area contributed by atoms with E-state index in [1.807, 2.05) is 36.2 Å². The normalized spacial score (nSPS) is 10.9. The quantitative estimate of drug-likeness (QED) is 0.592. The van der Waals surface area contributed by atoms with E-state index in [-0.39, 0.29) is 12.4 Å². The van der Waals surface area contributed by atoms with Gasteiger partial charge in [0, 0.05) is 16.6 Å². The molecule has 0 heterocycles. The average molecular weight is 314 g/mol. The number of aliphatic hydroxyl groups excluding tert-OH is 1. The molecule has 0 spiro atoms. The Morgan fingerprint density at radius 3 is 2.50 bits per heavy atom. The average Bonchev–Trinajstić information content (AvgIpc) is 2.35. The van der Waals surface area contributed by atoms with Crippen LogP contribution in [0.2, 0.25) is 0 Å². The highest BCUT2D eigenvalue weighted by atomic mass is 79.9. The fourth-order valence-electron chi connectivity index (χ4n) is 1.72. The minimum atomic E-state index is 0.146. The summed E-state index contributed by atoms with van der Waals surface area (Å²) in [6, 6.07) is 7.45. The van der Waals surface area contributed by atoms with Crippen LogP contribution in [0.25, 0.3) is 0 Å². The molecule has 0 aliphatic carbocycles. The van der Waals surface area contributed by atoms with Crippen LogP contribution in [-0.4, -0.2) is 42.5 Å². The Bertz CT molecular complexity index is 365. The highest BCUT2D eigenvalue weighted by Gasteiger charge is 2.08. The lowest BCUT2D eigenvalue weighted by Crippen LogP contribution is -2.27. The molecule has 0 fully saturated rings. The number of unbranched alkanes of at least 4 members (excludes halogenated alkanes) is 2. The summed E-state index contributed by atoms with van der Waals surface area (Å²) in [5, 5.41) is 8.68. The van der Waals surface area contributed by atoms with E-state index in [0.717, 1.165) is 35.8 Å². The van der Waals surface area contributed by atoms with Gasteiger partial charge in [-0.3, -0.25) is 9.69 Å². The van der Waals surface area contributed by atoms with Gasteiger partial charge in [-0.1, -0.05) is 28.1 Å². The molecule has 1 N–H and O–H groups in total. The predicted octanol–water partition coefficient (Wildman–Crippen LogP) is 2.73. The van der Waals surface area contributed by atoms with E-state index in [9.17, 15) is 4.79 Å². The highest BCUT2D eigenvalue weighted by Crippen LogP contribution is 2.11. The number of hydrogen-bond donors (Lipinski definition) is 1. The number of carbonyl (C=O) groups excluding carboxylic acids is 1. The van der Waals surface area contributed by atoms with E-state index >= 15 is 0 Å². The van der Waals surface area contributed by atoms with Crippen molar-refractivity contribution in [1.82, 2.24) is 4.90 Å². The van der Waals surface area contributed by atoms with Crippen molar-refractivity contribution in [3.63, 3.8) is 0 Å². The standard InChI is InChI=1S/C14H20BrNO2/c1-16(9-3-2-4-10-17)11-14(18)12-5-7-13(15)8-6-12/h5-8,17H,2-4,9-11H2,1H3. The Morgan fingerprint density at radius 1 is 1.22 bits per heavy atom. The van der Waals surface area contributed by atoms with Gasteiger partial charge in [0.1, 0.15) is 0 Å². The summed E-state index contributed by atoms with van der Waals surface area (Å²) >= 11 is 3.35. The highest BCUT2D eigenvalue weighted by molar-refractivity contribution is 9.10. The molecule has 0 unspecified atom stereocenters. The first-order valence-corrected chi connectivity index (χ1v) is 7.01. The molecule has 0 aromatic heterocycles. The fourth-order valence-corrected chi connectivity index (χ4v) is 1.99. The van der Waals surface area contributed by atoms with Gasteiger partial charge in [0.15, 0.2) is 5.78 Å². The van der Waals surface area contributed by atoms with Gasteiger partial charge in [-0.2, -0.15) is 0 Å². The number of aliphatic hydroxyl groups is 1. The first-order chi connectivity index (χ1) is 8.63. The van der Waals surface area contributed by atoms with E-state index in [1.165, 1.54) is 0 Å². The summed E-state index contributed by atoms with van der Waals surface area (Å²) in [6.45, 7) is 1.59. The van der Waals surface area contributed by atoms with Gasteiger partial charge in [-0.15, -0.1) is 0 Å². The molecule has 100 valence electrons. The molecule has 0 saturated carbocycles. The molecule has 0 bridgehead atoms. The van der Waals surface area contributed by atoms with Crippen LogP contribution in [0.1, 0.15) is 29.6 Å². The molecule has 1 aromatic carbocycles. The topological polar surface area (TPSA) is 40.5 Å². The van der Waals surface area contributed by atoms with Gasteiger partial charge in [0.2, 0.25) is 0 Å². The monoisotopic (exact) mass is 313 g/mol. The minimum absolute atomic E-state index is 0.146. The second-order valence-corrected chi connectivity index (χ2v) is 5.37. The summed E-state index contributed by atoms with van der Waals surface area (Å²) in [5.41, 5.74) is 0.750. The Labute approximate surface area is 117 Å². The maximum absolute atomic E-state index is 12.0. The van der Waals surface area contributed by atoms with E-state index < -0.39 is 0 Å². The first kappa shape index (κ1) is 15.3. The van der Waals surface area contributed by atoms with Crippen molar-refractivity contribution in [3.05, 3.63) is 34.3 Å². The second-order valence-electron chi connectivity index (χ2n) is 4.45. The van der Waals surface area contributed by atoms with Crippen molar-refractivity contribution in [2.24, 2.45) is 0 Å². The molecule has 1 rings (SSSR count). The van der Waals surface area contributed by atoms with Crippen LogP contribution in [0.4, 0.5) is 0 Å². The maximum atomic E-state index is 12.0. The summed E-state index contributed by atoms with van der Waals surface area (Å²) < 4.78 is 0.983. The second kappa shape index (κ2) is 8.40. The lowest BCUT2D eigenvalue weighted by molar-refractivity contribution is 0.0945. The minimum Gasteiger partial charge on any atom is -0.396 e. The lowest BCUT2D eigenvalue weighted by atomic mass is 10.1. The Hall–Kier alpha value is -0.710. The van der Waals surface area contributed by atoms with Crippen LogP contribution < -0.4 is 0 Å². The van der Waals surface area contributed by atoms with Crippen molar-refractivity contribution in [3.8, 4) is 0 Å². The van der Waals surface area contributed by atoms with Crippen LogP contribution in [-0.2, 0) is 0 Å². The smallest absolute Gasteiger partial charge is 0.176 e. The van der Waals surface area contributed by atoms with Gasteiger partial charge < -0.3 is 5.11 Å². The lowest BCUT2D eigenvalue weighted by Gasteiger charge is -2.15. The summed E-state index contributed by atoms with van der Waals surface area (Å²) in [5.74, 6) is 0.146. The van der Waals surface area contributed by atoms with Crippen LogP contribution in [0.15, 0.2) is 28.7 Å². The third-order valence-corrected chi connectivity index (χ3v) is 3.31. The van der Waals surface area contributed by atoms with Gasteiger partial charge in [-0.05, 0) is 45.0 Å². The zero-order valence-corrected chi connectivity index (χ0v) is 12.3. The Balaban J connectivity index is 2.33. The van der Waals surface area contributed by atoms with Crippen LogP contribution in [0, 0.1) is 0 Å². The van der Waals surface area contributed by atoms with Crippen LogP contribution in [0.3, 0.4) is 0 Å². The summed E-state index contributed by atoms with van der Waals surface area (Å²) in [7, 11) is 1.95. The molecule has 0 atom stereocenters. The molecule has 0 radical (unpaired) electrons. The molecular weight excluding hydrogens is 294 g/mol. The number of likely N-dealkylation sites (N-methyl/N-ethyl adjacent to an activating group) is 1. The number of rotatable bonds is 8. The zero-order chi connectivity index (χ0) is 13.4. The maximum Gasteiger partial charge on any atom is 0.176 e. The molecular formula is C14H20BrNO2. The van der Waals surface area contributed by atoms with E-state index in [2.05, 4.69) is 15.9 Å². The molecule has 0 aliphatic rings. The van der Waals surface area contributed by atoms with Crippen molar-refractivity contribution < 1.29 is 9.90 Å². The molecule has 3 nitrogen and oxygen atoms in total. The van der Waals surface area contributed by atoms with Crippen molar-refractivity contribution >= 4 is 21.7 Å². The molecule has 18 heavy (non-hydrogen) atoms. The zero-order valence-electron chi connectivity index (χ0n) is 10.7. The molecule has 0 aliphatic heterocycles. The molecule has 0 amide bonds. The third-order valence-electron chi connectivity index (χ3n) is 2.78. The number of Topliss-reactive ketones (excluding diaryl/α,β-unsaturated/α-hetero) is 1. The number of nitrogens with zero attached hydrogens (tertiary/aromatic N) is 1. The van der Waals surface area contributed by atoms with Gasteiger partial charge in [0.05, 0.1) is 6.54 Å². The van der Waals surface area contributed by atoms with Gasteiger partial charge >= 0.3 is 0 Å². The Morgan fingerprint density at radius 2 is 1.89 bits per heavy atom. The van der Waals surface area contributed by atoms with Crippen molar-refractivity contribution in [1.29, 1.82) is 0 Å². The molecule has 0 saturated heterocycles. The molecule has 1 aromatic rings. The van der Waals surface area contributed by atoms with Crippen LogP contribution >= 0.6 is 15.9 Å². The SMILES string of the molecule is CN(CCCCCO)CC(=O)c1ccc(Br)cc1. The van der Waals surface area contributed by atoms with E-state index in [4.69, 9.17) is 5.11 Å². The van der Waals surface area contributed by atoms with Crippen LogP contribution in [0.5, 0.6) is 0 Å². The number of ketones is 1. The van der Waals surface area contributed by atoms with Gasteiger partial charge in [0.25, 0.3) is 0 Å². The predicted molar refractivity (Wildman–Crippen MR) is 76.9 cm³/mol. The Kier molecular flexibility index (Phi) is 7.16. The van der Waals surface area contributed by atoms with E-state index in [1.54, 1.807) is 0 Å².